The van der Waals surface area contributed by atoms with E-state index in [1.807, 2.05) is 4.90 Å². The number of aromatic nitrogens is 1. The highest BCUT2D eigenvalue weighted by atomic mass is 32.1. The van der Waals surface area contributed by atoms with Gasteiger partial charge in [0.1, 0.15) is 16.5 Å². The third-order valence-electron chi connectivity index (χ3n) is 11.7. The van der Waals surface area contributed by atoms with Crippen LogP contribution in [0.5, 0.6) is 0 Å². The van der Waals surface area contributed by atoms with Crippen LogP contribution in [0.25, 0.3) is 0 Å². The highest BCUT2D eigenvalue weighted by molar-refractivity contribution is 7.09. The van der Waals surface area contributed by atoms with Crippen LogP contribution < -0.4 is 16.4 Å². The van der Waals surface area contributed by atoms with Crippen molar-refractivity contribution >= 4 is 40.8 Å². The predicted octanol–water partition coefficient (Wildman–Crippen LogP) is 7.62. The molecule has 1 aliphatic rings. The number of carboxylic acid groups (broad SMARTS) is 1. The van der Waals surface area contributed by atoms with Crippen molar-refractivity contribution in [2.75, 3.05) is 32.4 Å². The van der Waals surface area contributed by atoms with Gasteiger partial charge in [0.05, 0.1) is 17.1 Å². The molecule has 1 saturated heterocycles. The molecule has 6 atom stereocenters. The first-order valence-electron chi connectivity index (χ1n) is 21.3. The molecule has 1 fully saturated rings. The van der Waals surface area contributed by atoms with E-state index in [1.54, 1.807) is 25.3 Å². The van der Waals surface area contributed by atoms with Crippen LogP contribution in [0.4, 0.5) is 10.1 Å². The summed E-state index contributed by atoms with van der Waals surface area (Å²) in [6.45, 7) is 17.4. The fraction of sp³-hybridized carbons (Fsp3) is 0.705. The number of carboxylic acids is 1. The standard InChI is InChI=1S/C44H71FN6O6S/c1-10-12-13-15-21-51(42(54)39(29(5)11-2)47-26-33-17-14-16-20-50(33)9)37(28(3)4)24-38(57-30(6)52)41-49-36(27-58-41)40(53)48-32(25-44(7,8)43(55)56)22-31-18-19-35(46)34(45)23-31/h18-19,23,27-29,32-33,37-39,47H,10-17,20-22,24-26,46H2,1-9H3,(H,48,53)(H,55,56)/t29-,32-,33?,37+,38+,39-/m0/s1. The van der Waals surface area contributed by atoms with Gasteiger partial charge < -0.3 is 36.0 Å². The van der Waals surface area contributed by atoms with Gasteiger partial charge in [0.2, 0.25) is 5.91 Å². The lowest BCUT2D eigenvalue weighted by molar-refractivity contribution is -0.149. The molecule has 3 rings (SSSR count). The summed E-state index contributed by atoms with van der Waals surface area (Å²) in [5, 5.41) is 18.5. The molecule has 1 aliphatic heterocycles. The number of thiazole rings is 1. The summed E-state index contributed by atoms with van der Waals surface area (Å²) in [6, 6.07) is 3.39. The topological polar surface area (TPSA) is 167 Å². The van der Waals surface area contributed by atoms with Crippen LogP contribution in [-0.2, 0) is 25.5 Å². The average Bonchev–Trinajstić information content (AvgIpc) is 3.66. The van der Waals surface area contributed by atoms with E-state index in [4.69, 9.17) is 10.5 Å². The van der Waals surface area contributed by atoms with Crippen LogP contribution in [-0.4, -0.2) is 94.5 Å². The molecule has 14 heteroatoms. The van der Waals surface area contributed by atoms with Gasteiger partial charge in [0, 0.05) is 49.9 Å². The Kier molecular flexibility index (Phi) is 19.5. The Morgan fingerprint density at radius 2 is 1.86 bits per heavy atom. The largest absolute Gasteiger partial charge is 0.481 e. The minimum absolute atomic E-state index is 0.00841. The monoisotopic (exact) mass is 831 g/mol. The van der Waals surface area contributed by atoms with E-state index in [9.17, 15) is 28.7 Å². The van der Waals surface area contributed by atoms with Crippen LogP contribution in [0.2, 0.25) is 0 Å². The molecule has 0 radical (unpaired) electrons. The molecule has 2 aromatic rings. The molecule has 2 amide bonds. The molecule has 12 nitrogen and oxygen atoms in total. The number of halogens is 1. The van der Waals surface area contributed by atoms with Crippen LogP contribution in [0, 0.1) is 23.1 Å². The number of carbonyl (C=O) groups is 4. The van der Waals surface area contributed by atoms with Gasteiger partial charge in [-0.05, 0) is 89.1 Å². The minimum Gasteiger partial charge on any atom is -0.481 e. The highest BCUT2D eigenvalue weighted by Gasteiger charge is 2.37. The van der Waals surface area contributed by atoms with E-state index in [0.717, 1.165) is 51.6 Å². The average molecular weight is 831 g/mol. The van der Waals surface area contributed by atoms with E-state index in [0.29, 0.717) is 29.6 Å². The molecule has 0 spiro atoms. The first kappa shape index (κ1) is 48.7. The number of piperidine rings is 1. The second-order valence-electron chi connectivity index (χ2n) is 17.3. The zero-order valence-electron chi connectivity index (χ0n) is 36.4. The smallest absolute Gasteiger partial charge is 0.309 e. The lowest BCUT2D eigenvalue weighted by Gasteiger charge is -2.40. The number of hydrogen-bond acceptors (Lipinski definition) is 10. The van der Waals surface area contributed by atoms with Gasteiger partial charge >= 0.3 is 11.9 Å². The molecular weight excluding hydrogens is 760 g/mol. The fourth-order valence-corrected chi connectivity index (χ4v) is 8.64. The maximum absolute atomic E-state index is 14.9. The Hall–Kier alpha value is -3.62. The molecule has 1 aromatic heterocycles. The fourth-order valence-electron chi connectivity index (χ4n) is 7.80. The number of hydrogen-bond donors (Lipinski definition) is 4. The number of likely N-dealkylation sites (N-methyl/N-ethyl adjacent to an activating group) is 1. The Labute approximate surface area is 350 Å². The lowest BCUT2D eigenvalue weighted by Crippen LogP contribution is -2.57. The molecule has 0 saturated carbocycles. The van der Waals surface area contributed by atoms with Crippen LogP contribution in [0.1, 0.15) is 147 Å². The van der Waals surface area contributed by atoms with Crippen LogP contribution in [0.3, 0.4) is 0 Å². The summed E-state index contributed by atoms with van der Waals surface area (Å²) in [4.78, 5) is 62.4. The number of nitrogens with two attached hydrogens (primary N) is 1. The number of benzene rings is 1. The maximum Gasteiger partial charge on any atom is 0.309 e. The lowest BCUT2D eigenvalue weighted by atomic mass is 9.84. The van der Waals surface area contributed by atoms with Crippen molar-refractivity contribution in [2.24, 2.45) is 17.3 Å². The molecule has 5 N–H and O–H groups in total. The maximum atomic E-state index is 14.9. The number of nitrogen functional groups attached to an aromatic ring is 1. The summed E-state index contributed by atoms with van der Waals surface area (Å²) < 4.78 is 20.3. The van der Waals surface area contributed by atoms with E-state index in [-0.39, 0.29) is 54.0 Å². The Morgan fingerprint density at radius 1 is 1.14 bits per heavy atom. The minimum atomic E-state index is -1.20. The number of nitrogens with zero attached hydrogens (tertiary/aromatic N) is 3. The molecule has 326 valence electrons. The SMILES string of the molecule is CCCCCCN(C(=O)[C@@H](NCC1CCCCN1C)[C@@H](C)CC)[C@H](C[C@@H](OC(C)=O)c1nc(C(=O)N[C@@H](Cc2ccc(N)c(F)c2)CC(C)(C)C(=O)O)cs1)C(C)C. The molecule has 1 unspecified atom stereocenters. The van der Waals surface area contributed by atoms with Gasteiger partial charge in [-0.2, -0.15) is 0 Å². The summed E-state index contributed by atoms with van der Waals surface area (Å²) >= 11 is 1.19. The van der Waals surface area contributed by atoms with E-state index < -0.39 is 41.2 Å². The number of rotatable bonds is 24. The number of anilines is 1. The van der Waals surface area contributed by atoms with Crippen molar-refractivity contribution in [3.63, 3.8) is 0 Å². The number of amides is 2. The number of unbranched alkanes of at least 4 members (excludes halogenated alkanes) is 3. The third-order valence-corrected chi connectivity index (χ3v) is 12.6. The zero-order chi connectivity index (χ0) is 43.2. The number of ether oxygens (including phenoxy) is 1. The van der Waals surface area contributed by atoms with E-state index in [2.05, 4.69) is 62.2 Å². The number of aliphatic carboxylic acids is 1. The number of carbonyl (C=O) groups excluding carboxylic acids is 3. The molecule has 58 heavy (non-hydrogen) atoms. The number of nitrogens with one attached hydrogen (secondary N) is 2. The second kappa shape index (κ2) is 23.2. The van der Waals surface area contributed by atoms with E-state index >= 15 is 0 Å². The summed E-state index contributed by atoms with van der Waals surface area (Å²) in [6.07, 6.45) is 7.99. The Bertz CT molecular complexity index is 1640. The van der Waals surface area contributed by atoms with Gasteiger partial charge in [0.15, 0.2) is 6.10 Å². The van der Waals surface area contributed by atoms with Crippen LogP contribution >= 0.6 is 11.3 Å². The van der Waals surface area contributed by atoms with Crippen molar-refractivity contribution in [3.05, 3.63) is 45.7 Å². The summed E-state index contributed by atoms with van der Waals surface area (Å²) in [7, 11) is 2.16. The van der Waals surface area contributed by atoms with Gasteiger partial charge in [-0.15, -0.1) is 11.3 Å². The van der Waals surface area contributed by atoms with Crippen molar-refractivity contribution in [1.82, 2.24) is 25.4 Å². The molecular formula is C44H71FN6O6S. The van der Waals surface area contributed by atoms with Crippen molar-refractivity contribution < 1.29 is 33.4 Å². The summed E-state index contributed by atoms with van der Waals surface area (Å²) in [5.41, 5.74) is 5.10. The number of esters is 1. The molecule has 0 bridgehead atoms. The third kappa shape index (κ3) is 14.6. The van der Waals surface area contributed by atoms with E-state index in [1.165, 1.54) is 43.2 Å². The summed E-state index contributed by atoms with van der Waals surface area (Å²) in [5.74, 6) is -2.51. The predicted molar refractivity (Wildman–Crippen MR) is 229 cm³/mol. The first-order chi connectivity index (χ1) is 27.4. The van der Waals surface area contributed by atoms with Gasteiger partial charge in [-0.25, -0.2) is 9.37 Å². The van der Waals surface area contributed by atoms with Gasteiger partial charge in [-0.3, -0.25) is 19.2 Å². The number of likely N-dealkylation sites (tertiary alicyclic amines) is 1. The Balaban J connectivity index is 1.92. The molecule has 0 aliphatic carbocycles. The second-order valence-corrected chi connectivity index (χ2v) is 18.2. The van der Waals surface area contributed by atoms with Crippen molar-refractivity contribution in [2.45, 2.75) is 156 Å². The normalized spacial score (nSPS) is 17.6. The quantitative estimate of drug-likeness (QED) is 0.0470. The van der Waals surface area contributed by atoms with Crippen LogP contribution in [0.15, 0.2) is 23.6 Å². The Morgan fingerprint density at radius 3 is 2.47 bits per heavy atom. The first-order valence-corrected chi connectivity index (χ1v) is 22.2. The van der Waals surface area contributed by atoms with Crippen molar-refractivity contribution in [1.29, 1.82) is 0 Å². The molecule has 1 aromatic carbocycles. The highest BCUT2D eigenvalue weighted by Crippen LogP contribution is 2.32. The van der Waals surface area contributed by atoms with Crippen molar-refractivity contribution in [3.8, 4) is 0 Å². The molecule has 2 heterocycles. The van der Waals surface area contributed by atoms with Gasteiger partial charge in [-0.1, -0.05) is 72.8 Å². The zero-order valence-corrected chi connectivity index (χ0v) is 37.3. The van der Waals surface area contributed by atoms with Gasteiger partial charge in [0.25, 0.3) is 5.91 Å².